The second-order valence-electron chi connectivity index (χ2n) is 4.10. The summed E-state index contributed by atoms with van der Waals surface area (Å²) < 4.78 is 5.59. The monoisotopic (exact) mass is 266 g/mol. The second kappa shape index (κ2) is 7.63. The van der Waals surface area contributed by atoms with E-state index in [2.05, 4.69) is 5.32 Å². The van der Waals surface area contributed by atoms with Crippen LogP contribution in [0.3, 0.4) is 0 Å². The molecule has 5 nitrogen and oxygen atoms in total. The number of rotatable bonds is 7. The third-order valence-corrected chi connectivity index (χ3v) is 2.67. The normalized spacial score (nSPS) is 10.1. The maximum absolute atomic E-state index is 11.1. The van der Waals surface area contributed by atoms with Gasteiger partial charge in [0.25, 0.3) is 0 Å². The van der Waals surface area contributed by atoms with Crippen molar-refractivity contribution in [2.75, 3.05) is 36.5 Å². The second-order valence-corrected chi connectivity index (χ2v) is 4.10. The lowest BCUT2D eigenvalue weighted by molar-refractivity contribution is -0.114. The first-order chi connectivity index (χ1) is 9.12. The van der Waals surface area contributed by atoms with Crippen molar-refractivity contribution in [3.8, 4) is 5.75 Å². The van der Waals surface area contributed by atoms with Gasteiger partial charge >= 0.3 is 0 Å². The molecule has 0 radical (unpaired) electrons. The zero-order valence-electron chi connectivity index (χ0n) is 11.8. The molecule has 2 N–H and O–H groups in total. The van der Waals surface area contributed by atoms with Crippen molar-refractivity contribution in [2.24, 2.45) is 0 Å². The van der Waals surface area contributed by atoms with Gasteiger partial charge in [-0.15, -0.1) is 0 Å². The minimum Gasteiger partial charge on any atom is -0.492 e. The first-order valence-corrected chi connectivity index (χ1v) is 6.52. The van der Waals surface area contributed by atoms with Crippen LogP contribution in [0.5, 0.6) is 5.75 Å². The van der Waals surface area contributed by atoms with Crippen LogP contribution >= 0.6 is 0 Å². The Bertz CT molecular complexity index is 421. The van der Waals surface area contributed by atoms with Crippen molar-refractivity contribution in [1.29, 1.82) is 0 Å². The Morgan fingerprint density at radius 1 is 1.42 bits per heavy atom. The average Bonchev–Trinajstić information content (AvgIpc) is 2.37. The van der Waals surface area contributed by atoms with Crippen LogP contribution in [-0.4, -0.2) is 37.3 Å². The number of benzene rings is 1. The summed E-state index contributed by atoms with van der Waals surface area (Å²) >= 11 is 0. The Balaban J connectivity index is 3.09. The Hall–Kier alpha value is -1.75. The highest BCUT2D eigenvalue weighted by Gasteiger charge is 2.12. The Morgan fingerprint density at radius 2 is 2.16 bits per heavy atom. The molecule has 1 rings (SSSR count). The Kier molecular flexibility index (Phi) is 6.15. The van der Waals surface area contributed by atoms with E-state index in [-0.39, 0.29) is 12.5 Å². The van der Waals surface area contributed by atoms with Gasteiger partial charge in [0.1, 0.15) is 5.75 Å². The smallest absolute Gasteiger partial charge is 0.221 e. The number of anilines is 2. The number of amides is 1. The molecular weight excluding hydrogens is 244 g/mol. The van der Waals surface area contributed by atoms with Gasteiger partial charge in [-0.1, -0.05) is 0 Å². The number of carbonyl (C=O) groups excluding carboxylic acids is 1. The van der Waals surface area contributed by atoms with E-state index in [0.29, 0.717) is 13.2 Å². The summed E-state index contributed by atoms with van der Waals surface area (Å²) in [4.78, 5) is 13.1. The van der Waals surface area contributed by atoms with Gasteiger partial charge < -0.3 is 20.1 Å². The van der Waals surface area contributed by atoms with E-state index in [0.717, 1.165) is 23.7 Å². The third-order valence-electron chi connectivity index (χ3n) is 2.67. The number of aliphatic hydroxyl groups is 1. The highest BCUT2D eigenvalue weighted by atomic mass is 16.5. The van der Waals surface area contributed by atoms with Crippen LogP contribution in [0.4, 0.5) is 11.4 Å². The predicted octanol–water partition coefficient (Wildman–Crippen LogP) is 1.86. The largest absolute Gasteiger partial charge is 0.492 e. The molecule has 0 aliphatic rings. The van der Waals surface area contributed by atoms with Gasteiger partial charge in [0.15, 0.2) is 0 Å². The van der Waals surface area contributed by atoms with Crippen LogP contribution in [-0.2, 0) is 4.79 Å². The molecule has 0 spiro atoms. The van der Waals surface area contributed by atoms with Gasteiger partial charge in [0, 0.05) is 25.7 Å². The summed E-state index contributed by atoms with van der Waals surface area (Å²) in [6.07, 6.45) is 0. The zero-order valence-corrected chi connectivity index (χ0v) is 11.8. The van der Waals surface area contributed by atoms with Crippen molar-refractivity contribution in [2.45, 2.75) is 20.8 Å². The highest BCUT2D eigenvalue weighted by molar-refractivity contribution is 5.89. The summed E-state index contributed by atoms with van der Waals surface area (Å²) in [6, 6.07) is 5.51. The van der Waals surface area contributed by atoms with Gasteiger partial charge in [-0.25, -0.2) is 0 Å². The van der Waals surface area contributed by atoms with Crippen molar-refractivity contribution >= 4 is 17.3 Å². The van der Waals surface area contributed by atoms with Gasteiger partial charge in [-0.05, 0) is 32.0 Å². The van der Waals surface area contributed by atoms with Gasteiger partial charge in [0.05, 0.1) is 18.9 Å². The molecule has 1 aromatic carbocycles. The van der Waals surface area contributed by atoms with Crippen LogP contribution < -0.4 is 15.0 Å². The fourth-order valence-electron chi connectivity index (χ4n) is 1.89. The molecule has 0 saturated carbocycles. The quantitative estimate of drug-likeness (QED) is 0.791. The van der Waals surface area contributed by atoms with Crippen LogP contribution in [0.1, 0.15) is 20.8 Å². The maximum atomic E-state index is 11.1. The predicted molar refractivity (Wildman–Crippen MR) is 76.9 cm³/mol. The fraction of sp³-hybridized carbons (Fsp3) is 0.500. The van der Waals surface area contributed by atoms with Gasteiger partial charge in [0.2, 0.25) is 5.91 Å². The molecule has 106 valence electrons. The minimum atomic E-state index is -0.111. The number of aliphatic hydroxyl groups excluding tert-OH is 1. The molecule has 0 bridgehead atoms. The van der Waals surface area contributed by atoms with Crippen LogP contribution in [0.2, 0.25) is 0 Å². The summed E-state index contributed by atoms with van der Waals surface area (Å²) in [5.41, 5.74) is 1.60. The lowest BCUT2D eigenvalue weighted by atomic mass is 10.2. The van der Waals surface area contributed by atoms with Crippen LogP contribution in [0, 0.1) is 0 Å². The van der Waals surface area contributed by atoms with E-state index in [9.17, 15) is 4.79 Å². The van der Waals surface area contributed by atoms with E-state index in [1.807, 2.05) is 36.9 Å². The van der Waals surface area contributed by atoms with E-state index in [1.54, 1.807) is 0 Å². The first kappa shape index (κ1) is 15.3. The summed E-state index contributed by atoms with van der Waals surface area (Å²) in [6.45, 7) is 7.34. The number of likely N-dealkylation sites (N-methyl/N-ethyl adjacent to an activating group) is 1. The molecule has 0 heterocycles. The fourth-order valence-corrected chi connectivity index (χ4v) is 1.89. The first-order valence-electron chi connectivity index (χ1n) is 6.52. The molecule has 1 amide bonds. The van der Waals surface area contributed by atoms with Crippen molar-refractivity contribution < 1.29 is 14.6 Å². The lowest BCUT2D eigenvalue weighted by Gasteiger charge is -2.25. The lowest BCUT2D eigenvalue weighted by Crippen LogP contribution is -2.26. The number of hydrogen-bond acceptors (Lipinski definition) is 4. The van der Waals surface area contributed by atoms with Gasteiger partial charge in [-0.3, -0.25) is 4.79 Å². The van der Waals surface area contributed by atoms with Crippen molar-refractivity contribution in [1.82, 2.24) is 0 Å². The number of hydrogen-bond donors (Lipinski definition) is 2. The molecule has 0 aliphatic carbocycles. The van der Waals surface area contributed by atoms with Crippen LogP contribution in [0.25, 0.3) is 0 Å². The highest BCUT2D eigenvalue weighted by Crippen LogP contribution is 2.31. The summed E-state index contributed by atoms with van der Waals surface area (Å²) in [5, 5.41) is 11.9. The third kappa shape index (κ3) is 4.44. The topological polar surface area (TPSA) is 61.8 Å². The zero-order chi connectivity index (χ0) is 14.3. The average molecular weight is 266 g/mol. The van der Waals surface area contributed by atoms with E-state index in [4.69, 9.17) is 9.84 Å². The Labute approximate surface area is 114 Å². The van der Waals surface area contributed by atoms with E-state index >= 15 is 0 Å². The Morgan fingerprint density at radius 3 is 2.68 bits per heavy atom. The number of nitrogens with one attached hydrogen (secondary N) is 1. The van der Waals surface area contributed by atoms with Crippen molar-refractivity contribution in [3.05, 3.63) is 18.2 Å². The summed E-state index contributed by atoms with van der Waals surface area (Å²) in [7, 11) is 0. The standard InChI is InChI=1S/C14H22N2O3/c1-4-16(8-9-17)13-10-12(15-11(3)18)6-7-14(13)19-5-2/h6-7,10,17H,4-5,8-9H2,1-3H3,(H,15,18). The molecule has 0 fully saturated rings. The minimum absolute atomic E-state index is 0.0732. The molecule has 5 heteroatoms. The molecule has 0 unspecified atom stereocenters. The SMILES string of the molecule is CCOc1ccc(NC(C)=O)cc1N(CC)CCO. The van der Waals surface area contributed by atoms with Crippen LogP contribution in [0.15, 0.2) is 18.2 Å². The molecule has 1 aromatic rings. The maximum Gasteiger partial charge on any atom is 0.221 e. The molecule has 19 heavy (non-hydrogen) atoms. The van der Waals surface area contributed by atoms with E-state index < -0.39 is 0 Å². The molecule has 0 aliphatic heterocycles. The number of ether oxygens (including phenoxy) is 1. The molecule has 0 saturated heterocycles. The van der Waals surface area contributed by atoms with Gasteiger partial charge in [-0.2, -0.15) is 0 Å². The van der Waals surface area contributed by atoms with E-state index in [1.165, 1.54) is 6.92 Å². The summed E-state index contributed by atoms with van der Waals surface area (Å²) in [5.74, 6) is 0.646. The number of nitrogens with zero attached hydrogens (tertiary/aromatic N) is 1. The molecular formula is C14H22N2O3. The van der Waals surface area contributed by atoms with Crippen molar-refractivity contribution in [3.63, 3.8) is 0 Å². The molecule has 0 aromatic heterocycles. The molecule has 0 atom stereocenters. The number of carbonyl (C=O) groups is 1.